The predicted molar refractivity (Wildman–Crippen MR) is 77.7 cm³/mol. The summed E-state index contributed by atoms with van der Waals surface area (Å²) < 4.78 is 0. The van der Waals surface area contributed by atoms with Crippen LogP contribution in [0.3, 0.4) is 0 Å². The first-order chi connectivity index (χ1) is 9.79. The first-order valence-corrected chi connectivity index (χ1v) is 6.37. The van der Waals surface area contributed by atoms with Gasteiger partial charge in [0.1, 0.15) is 0 Å². The van der Waals surface area contributed by atoms with Gasteiger partial charge in [-0.1, -0.05) is 18.2 Å². The summed E-state index contributed by atoms with van der Waals surface area (Å²) in [5.74, 6) is 5.75. The molecule has 0 aliphatic heterocycles. The van der Waals surface area contributed by atoms with E-state index in [1.165, 1.54) is 0 Å². The summed E-state index contributed by atoms with van der Waals surface area (Å²) >= 11 is 0. The molecule has 0 fully saturated rings. The second-order valence-electron chi connectivity index (χ2n) is 4.67. The van der Waals surface area contributed by atoms with E-state index in [9.17, 15) is 0 Å². The van der Waals surface area contributed by atoms with Crippen molar-refractivity contribution in [3.63, 3.8) is 0 Å². The standard InChI is InChI=1S/C15H15N5/c1-10-7-11(9-17-8-10)14(20-16)12-3-2-4-13-15(12)19-6-5-18-13/h2-9,14,20H,16H2,1H3. The highest BCUT2D eigenvalue weighted by atomic mass is 15.2. The smallest absolute Gasteiger partial charge is 0.0938 e. The van der Waals surface area contributed by atoms with Crippen LogP contribution in [-0.4, -0.2) is 15.0 Å². The SMILES string of the molecule is Cc1cncc(C(NN)c2cccc3nccnc23)c1. The Morgan fingerprint density at radius 2 is 2.00 bits per heavy atom. The molecule has 3 N–H and O–H groups in total. The van der Waals surface area contributed by atoms with Gasteiger partial charge in [0.25, 0.3) is 0 Å². The van der Waals surface area contributed by atoms with Crippen LogP contribution in [0.2, 0.25) is 0 Å². The van der Waals surface area contributed by atoms with Crippen molar-refractivity contribution in [2.24, 2.45) is 5.84 Å². The lowest BCUT2D eigenvalue weighted by molar-refractivity contribution is 0.637. The molecule has 1 atom stereocenters. The summed E-state index contributed by atoms with van der Waals surface area (Å²) in [5.41, 5.74) is 7.63. The fourth-order valence-electron chi connectivity index (χ4n) is 2.35. The van der Waals surface area contributed by atoms with E-state index in [-0.39, 0.29) is 6.04 Å². The third-order valence-corrected chi connectivity index (χ3v) is 3.24. The van der Waals surface area contributed by atoms with Crippen molar-refractivity contribution in [1.82, 2.24) is 20.4 Å². The largest absolute Gasteiger partial charge is 0.271 e. The minimum Gasteiger partial charge on any atom is -0.271 e. The quantitative estimate of drug-likeness (QED) is 0.558. The zero-order valence-corrected chi connectivity index (χ0v) is 11.1. The zero-order valence-electron chi connectivity index (χ0n) is 11.1. The molecule has 3 aromatic rings. The lowest BCUT2D eigenvalue weighted by Gasteiger charge is -2.18. The summed E-state index contributed by atoms with van der Waals surface area (Å²) in [6.45, 7) is 2.01. The monoisotopic (exact) mass is 265 g/mol. The Labute approximate surface area is 116 Å². The second kappa shape index (κ2) is 5.32. The number of aryl methyl sites for hydroxylation is 1. The van der Waals surface area contributed by atoms with Gasteiger partial charge in [0, 0.05) is 30.4 Å². The average Bonchev–Trinajstić information content (AvgIpc) is 2.48. The van der Waals surface area contributed by atoms with Gasteiger partial charge in [0.15, 0.2) is 0 Å². The van der Waals surface area contributed by atoms with Crippen LogP contribution in [0.5, 0.6) is 0 Å². The Morgan fingerprint density at radius 1 is 1.15 bits per heavy atom. The van der Waals surface area contributed by atoms with E-state index < -0.39 is 0 Å². The van der Waals surface area contributed by atoms with Gasteiger partial charge in [0.2, 0.25) is 0 Å². The number of rotatable bonds is 3. The van der Waals surface area contributed by atoms with Gasteiger partial charge in [0.05, 0.1) is 17.1 Å². The molecule has 1 aromatic carbocycles. The number of para-hydroxylation sites is 1. The number of hydrazine groups is 1. The molecular weight excluding hydrogens is 250 g/mol. The molecule has 0 spiro atoms. The lowest BCUT2D eigenvalue weighted by atomic mass is 9.98. The number of pyridine rings is 1. The number of nitrogens with one attached hydrogen (secondary N) is 1. The maximum absolute atomic E-state index is 5.75. The molecule has 0 saturated heterocycles. The van der Waals surface area contributed by atoms with Crippen molar-refractivity contribution < 1.29 is 0 Å². The van der Waals surface area contributed by atoms with E-state index in [0.717, 1.165) is 27.7 Å². The third kappa shape index (κ3) is 2.24. The van der Waals surface area contributed by atoms with Crippen LogP contribution in [0.25, 0.3) is 11.0 Å². The molecule has 0 bridgehead atoms. The van der Waals surface area contributed by atoms with Crippen molar-refractivity contribution in [2.75, 3.05) is 0 Å². The lowest BCUT2D eigenvalue weighted by Crippen LogP contribution is -2.29. The van der Waals surface area contributed by atoms with Gasteiger partial charge in [-0.05, 0) is 24.1 Å². The first-order valence-electron chi connectivity index (χ1n) is 6.37. The Balaban J connectivity index is 2.17. The van der Waals surface area contributed by atoms with Crippen LogP contribution < -0.4 is 11.3 Å². The second-order valence-corrected chi connectivity index (χ2v) is 4.67. The highest BCUT2D eigenvalue weighted by molar-refractivity contribution is 5.78. The highest BCUT2D eigenvalue weighted by Gasteiger charge is 2.16. The number of nitrogens with two attached hydrogens (primary N) is 1. The number of hydrogen-bond acceptors (Lipinski definition) is 5. The Kier molecular flexibility index (Phi) is 3.37. The summed E-state index contributed by atoms with van der Waals surface area (Å²) in [4.78, 5) is 13.0. The van der Waals surface area contributed by atoms with Gasteiger partial charge in [-0.2, -0.15) is 0 Å². The topological polar surface area (TPSA) is 76.7 Å². The van der Waals surface area contributed by atoms with E-state index in [4.69, 9.17) is 5.84 Å². The Morgan fingerprint density at radius 3 is 2.80 bits per heavy atom. The molecule has 2 aromatic heterocycles. The van der Waals surface area contributed by atoms with Crippen LogP contribution >= 0.6 is 0 Å². The van der Waals surface area contributed by atoms with Gasteiger partial charge in [-0.15, -0.1) is 0 Å². The van der Waals surface area contributed by atoms with E-state index in [2.05, 4.69) is 26.4 Å². The molecule has 5 nitrogen and oxygen atoms in total. The van der Waals surface area contributed by atoms with Crippen LogP contribution in [0.15, 0.2) is 49.1 Å². The van der Waals surface area contributed by atoms with Crippen molar-refractivity contribution >= 4 is 11.0 Å². The molecule has 100 valence electrons. The van der Waals surface area contributed by atoms with Crippen LogP contribution in [-0.2, 0) is 0 Å². The number of hydrogen-bond donors (Lipinski definition) is 2. The maximum atomic E-state index is 5.75. The zero-order chi connectivity index (χ0) is 13.9. The molecule has 0 aliphatic carbocycles. The van der Waals surface area contributed by atoms with Crippen molar-refractivity contribution in [3.8, 4) is 0 Å². The molecule has 3 rings (SSSR count). The highest BCUT2D eigenvalue weighted by Crippen LogP contribution is 2.26. The Bertz CT molecular complexity index is 736. The van der Waals surface area contributed by atoms with E-state index in [0.29, 0.717) is 0 Å². The van der Waals surface area contributed by atoms with Gasteiger partial charge < -0.3 is 0 Å². The molecule has 5 heteroatoms. The van der Waals surface area contributed by atoms with Gasteiger partial charge in [-0.3, -0.25) is 20.8 Å². The molecule has 0 radical (unpaired) electrons. The number of aromatic nitrogens is 3. The normalized spacial score (nSPS) is 12.5. The van der Waals surface area contributed by atoms with Gasteiger partial charge >= 0.3 is 0 Å². The molecule has 1 unspecified atom stereocenters. The molecule has 0 saturated carbocycles. The minimum atomic E-state index is -0.164. The van der Waals surface area contributed by atoms with Crippen molar-refractivity contribution in [3.05, 3.63) is 65.7 Å². The fraction of sp³-hybridized carbons (Fsp3) is 0.133. The Hall–Kier alpha value is -2.37. The summed E-state index contributed by atoms with van der Waals surface area (Å²) in [6, 6.07) is 7.80. The summed E-state index contributed by atoms with van der Waals surface area (Å²) in [6.07, 6.45) is 7.01. The summed E-state index contributed by atoms with van der Waals surface area (Å²) in [7, 11) is 0. The van der Waals surface area contributed by atoms with Crippen LogP contribution in [0, 0.1) is 6.92 Å². The number of benzene rings is 1. The van der Waals surface area contributed by atoms with Crippen LogP contribution in [0.4, 0.5) is 0 Å². The molecule has 0 aliphatic rings. The van der Waals surface area contributed by atoms with E-state index >= 15 is 0 Å². The number of nitrogens with zero attached hydrogens (tertiary/aromatic N) is 3. The van der Waals surface area contributed by atoms with Crippen molar-refractivity contribution in [2.45, 2.75) is 13.0 Å². The van der Waals surface area contributed by atoms with Crippen molar-refractivity contribution in [1.29, 1.82) is 0 Å². The van der Waals surface area contributed by atoms with Gasteiger partial charge in [-0.25, -0.2) is 5.43 Å². The fourth-order valence-corrected chi connectivity index (χ4v) is 2.35. The molecule has 0 amide bonds. The molecule has 20 heavy (non-hydrogen) atoms. The first kappa shape index (κ1) is 12.7. The average molecular weight is 265 g/mol. The predicted octanol–water partition coefficient (Wildman–Crippen LogP) is 1.89. The summed E-state index contributed by atoms with van der Waals surface area (Å²) in [5, 5.41) is 0. The molecule has 2 heterocycles. The third-order valence-electron chi connectivity index (χ3n) is 3.24. The van der Waals surface area contributed by atoms with E-state index in [1.807, 2.05) is 37.5 Å². The molecular formula is C15H15N5. The minimum absolute atomic E-state index is 0.164. The van der Waals surface area contributed by atoms with E-state index in [1.54, 1.807) is 12.4 Å². The van der Waals surface area contributed by atoms with Crippen LogP contribution in [0.1, 0.15) is 22.7 Å². The maximum Gasteiger partial charge on any atom is 0.0938 e. The number of fused-ring (bicyclic) bond motifs is 1.